The summed E-state index contributed by atoms with van der Waals surface area (Å²) in [4.78, 5) is 14.4. The first-order valence-corrected chi connectivity index (χ1v) is 14.4. The molecule has 7 nitrogen and oxygen atoms in total. The van der Waals surface area contributed by atoms with Crippen LogP contribution in [0.15, 0.2) is 101 Å². The molecule has 5 aromatic rings. The van der Waals surface area contributed by atoms with Crippen LogP contribution in [0.2, 0.25) is 0 Å². The Labute approximate surface area is 231 Å². The van der Waals surface area contributed by atoms with E-state index in [0.717, 1.165) is 11.9 Å². The molecule has 1 aromatic heterocycles. The van der Waals surface area contributed by atoms with Gasteiger partial charge < -0.3 is 14.4 Å². The number of carboxylic acids is 1. The van der Waals surface area contributed by atoms with Crippen LogP contribution in [-0.2, 0) is 10.0 Å². The summed E-state index contributed by atoms with van der Waals surface area (Å²) in [5, 5.41) is 10.5. The van der Waals surface area contributed by atoms with Crippen molar-refractivity contribution in [3.63, 3.8) is 0 Å². The zero-order valence-electron chi connectivity index (χ0n) is 21.9. The van der Waals surface area contributed by atoms with Crippen LogP contribution in [0, 0.1) is 5.82 Å². The van der Waals surface area contributed by atoms with Gasteiger partial charge in [-0.2, -0.15) is 0 Å². The number of likely N-dealkylation sites (N-methyl/N-ethyl adjacent to an activating group) is 1. The number of aromatic carboxylic acids is 1. The number of fused-ring (bicyclic) bond motifs is 1. The van der Waals surface area contributed by atoms with Gasteiger partial charge in [0.2, 0.25) is 10.0 Å². The smallest absolute Gasteiger partial charge is 0.340 e. The predicted molar refractivity (Wildman–Crippen MR) is 156 cm³/mol. The lowest BCUT2D eigenvalue weighted by Crippen LogP contribution is -2.37. The first-order chi connectivity index (χ1) is 19.1. The minimum Gasteiger partial charge on any atom is -0.478 e. The zero-order chi connectivity index (χ0) is 28.4. The number of nitrogens with zero attached hydrogens (tertiary/aromatic N) is 2. The molecule has 4 aromatic carbocycles. The highest BCUT2D eigenvalue weighted by atomic mass is 32.2. The van der Waals surface area contributed by atoms with Crippen molar-refractivity contribution in [2.75, 3.05) is 35.6 Å². The average Bonchev–Trinajstić information content (AvgIpc) is 3.32. The van der Waals surface area contributed by atoms with Crippen LogP contribution >= 0.6 is 0 Å². The van der Waals surface area contributed by atoms with E-state index in [1.807, 2.05) is 72.6 Å². The molecule has 0 aliphatic rings. The number of sulfonamides is 1. The van der Waals surface area contributed by atoms with Crippen LogP contribution in [0.3, 0.4) is 0 Å². The van der Waals surface area contributed by atoms with E-state index in [-0.39, 0.29) is 23.5 Å². The highest BCUT2D eigenvalue weighted by Gasteiger charge is 2.27. The summed E-state index contributed by atoms with van der Waals surface area (Å²) in [6, 6.07) is 27.4. The summed E-state index contributed by atoms with van der Waals surface area (Å²) in [5.41, 5.74) is 3.06. The summed E-state index contributed by atoms with van der Waals surface area (Å²) in [6.07, 6.45) is 1.14. The Morgan fingerprint density at radius 3 is 2.10 bits per heavy atom. The largest absolute Gasteiger partial charge is 0.478 e. The molecular formula is C31H27FN2O5S. The third-order valence-corrected chi connectivity index (χ3v) is 7.90. The molecule has 0 aliphatic carbocycles. The Balaban J connectivity index is 1.69. The number of rotatable bonds is 9. The van der Waals surface area contributed by atoms with Gasteiger partial charge in [0.1, 0.15) is 22.7 Å². The van der Waals surface area contributed by atoms with Crippen molar-refractivity contribution in [2.45, 2.75) is 0 Å². The van der Waals surface area contributed by atoms with Crippen LogP contribution in [-0.4, -0.2) is 45.9 Å². The van der Waals surface area contributed by atoms with Crippen LogP contribution in [0.4, 0.5) is 15.8 Å². The third-order valence-electron chi connectivity index (χ3n) is 6.72. The number of carbonyl (C=O) groups is 1. The maximum atomic E-state index is 13.6. The molecule has 0 radical (unpaired) electrons. The van der Waals surface area contributed by atoms with Gasteiger partial charge >= 0.3 is 5.97 Å². The molecule has 0 atom stereocenters. The number of furan rings is 1. The maximum Gasteiger partial charge on any atom is 0.340 e. The molecule has 0 amide bonds. The SMILES string of the molecule is CN(CCN(c1cc2oc(-c3ccc(F)cc3)c(C(=O)O)c2cc1-c1ccccc1)S(C)(=O)=O)c1ccccc1. The standard InChI is InChI=1S/C31H27FN2O5S/c1-33(24-11-7-4-8-12-24)17-18-34(40(2,37)38)27-20-28-26(19-25(27)21-9-5-3-6-10-21)29(31(35)36)30(39-28)22-13-15-23(32)16-14-22/h3-16,19-20H,17-18H2,1-2H3,(H,35,36). The molecular weight excluding hydrogens is 531 g/mol. The van der Waals surface area contributed by atoms with Crippen molar-refractivity contribution < 1.29 is 27.1 Å². The molecule has 5 rings (SSSR count). The van der Waals surface area contributed by atoms with Crippen molar-refractivity contribution in [2.24, 2.45) is 0 Å². The lowest BCUT2D eigenvalue weighted by Gasteiger charge is -2.28. The molecule has 40 heavy (non-hydrogen) atoms. The van der Waals surface area contributed by atoms with Gasteiger partial charge in [-0.15, -0.1) is 0 Å². The van der Waals surface area contributed by atoms with E-state index in [9.17, 15) is 22.7 Å². The second kappa shape index (κ2) is 10.9. The summed E-state index contributed by atoms with van der Waals surface area (Å²) < 4.78 is 47.3. The van der Waals surface area contributed by atoms with E-state index in [1.165, 1.54) is 28.6 Å². The fourth-order valence-electron chi connectivity index (χ4n) is 4.72. The first-order valence-electron chi connectivity index (χ1n) is 12.5. The maximum absolute atomic E-state index is 13.6. The summed E-state index contributed by atoms with van der Waals surface area (Å²) in [6.45, 7) is 0.523. The Morgan fingerprint density at radius 2 is 1.50 bits per heavy atom. The molecule has 0 fully saturated rings. The summed E-state index contributed by atoms with van der Waals surface area (Å²) >= 11 is 0. The number of anilines is 2. The molecule has 204 valence electrons. The molecule has 0 spiro atoms. The van der Waals surface area contributed by atoms with Crippen LogP contribution in [0.5, 0.6) is 0 Å². The summed E-state index contributed by atoms with van der Waals surface area (Å²) in [7, 11) is -1.88. The van der Waals surface area contributed by atoms with Gasteiger partial charge in [0.25, 0.3) is 0 Å². The van der Waals surface area contributed by atoms with Crippen molar-refractivity contribution in [1.29, 1.82) is 0 Å². The van der Waals surface area contributed by atoms with Gasteiger partial charge in [-0.3, -0.25) is 4.31 Å². The number of benzene rings is 4. The Bertz CT molecular complexity index is 1770. The van der Waals surface area contributed by atoms with Gasteiger partial charge in [0, 0.05) is 41.9 Å². The number of hydrogen-bond donors (Lipinski definition) is 1. The highest BCUT2D eigenvalue weighted by Crippen LogP contribution is 2.41. The van der Waals surface area contributed by atoms with Gasteiger partial charge in [-0.05, 0) is 48.0 Å². The minimum atomic E-state index is -3.76. The minimum absolute atomic E-state index is 0.0633. The quantitative estimate of drug-likeness (QED) is 0.222. The lowest BCUT2D eigenvalue weighted by atomic mass is 9.98. The molecule has 0 unspecified atom stereocenters. The normalized spacial score (nSPS) is 11.5. The van der Waals surface area contributed by atoms with Gasteiger partial charge in [-0.1, -0.05) is 48.5 Å². The fourth-order valence-corrected chi connectivity index (χ4v) is 5.64. The van der Waals surface area contributed by atoms with Gasteiger partial charge in [-0.25, -0.2) is 17.6 Å². The molecule has 1 N–H and O–H groups in total. The monoisotopic (exact) mass is 558 g/mol. The average molecular weight is 559 g/mol. The number of hydrogen-bond acceptors (Lipinski definition) is 5. The van der Waals surface area contributed by atoms with E-state index in [2.05, 4.69) is 0 Å². The van der Waals surface area contributed by atoms with E-state index < -0.39 is 21.8 Å². The van der Waals surface area contributed by atoms with Gasteiger partial charge in [0.05, 0.1) is 18.5 Å². The van der Waals surface area contributed by atoms with Crippen molar-refractivity contribution >= 4 is 38.3 Å². The Hall–Kier alpha value is -4.63. The Morgan fingerprint density at radius 1 is 0.875 bits per heavy atom. The predicted octanol–water partition coefficient (Wildman–Crippen LogP) is 6.51. The third kappa shape index (κ3) is 5.41. The summed E-state index contributed by atoms with van der Waals surface area (Å²) in [5.74, 6) is -1.61. The van der Waals surface area contributed by atoms with Crippen molar-refractivity contribution in [1.82, 2.24) is 0 Å². The molecule has 0 saturated heterocycles. The van der Waals surface area contributed by atoms with E-state index in [4.69, 9.17) is 4.42 Å². The van der Waals surface area contributed by atoms with Crippen molar-refractivity contribution in [3.8, 4) is 22.5 Å². The number of carboxylic acid groups (broad SMARTS) is 1. The van der Waals surface area contributed by atoms with E-state index >= 15 is 0 Å². The highest BCUT2D eigenvalue weighted by molar-refractivity contribution is 7.92. The number of halogens is 1. The van der Waals surface area contributed by atoms with Crippen LogP contribution in [0.1, 0.15) is 10.4 Å². The molecule has 1 heterocycles. The topological polar surface area (TPSA) is 91.1 Å². The van der Waals surface area contributed by atoms with E-state index in [1.54, 1.807) is 12.1 Å². The van der Waals surface area contributed by atoms with Crippen LogP contribution < -0.4 is 9.21 Å². The lowest BCUT2D eigenvalue weighted by molar-refractivity contribution is 0.0699. The van der Waals surface area contributed by atoms with Crippen LogP contribution in [0.25, 0.3) is 33.4 Å². The second-order valence-electron chi connectivity index (χ2n) is 9.44. The first kappa shape index (κ1) is 27.0. The molecule has 0 bridgehead atoms. The number of para-hydroxylation sites is 1. The zero-order valence-corrected chi connectivity index (χ0v) is 22.7. The van der Waals surface area contributed by atoms with Crippen molar-refractivity contribution in [3.05, 3.63) is 108 Å². The van der Waals surface area contributed by atoms with Gasteiger partial charge in [0.15, 0.2) is 0 Å². The Kier molecular flexibility index (Phi) is 7.32. The fraction of sp³-hybridized carbons (Fsp3) is 0.129. The molecule has 0 aliphatic heterocycles. The molecule has 9 heteroatoms. The van der Waals surface area contributed by atoms with E-state index in [0.29, 0.717) is 34.3 Å². The second-order valence-corrected chi connectivity index (χ2v) is 11.3. The molecule has 0 saturated carbocycles.